The van der Waals surface area contributed by atoms with Crippen LogP contribution in [0.5, 0.6) is 0 Å². The van der Waals surface area contributed by atoms with Crippen LogP contribution in [0.15, 0.2) is 0 Å². The first-order valence-corrected chi connectivity index (χ1v) is 4.24. The van der Waals surface area contributed by atoms with Gasteiger partial charge in [0.2, 0.25) is 0 Å². The maximum atomic E-state index is 10.9. The van der Waals surface area contributed by atoms with Crippen molar-refractivity contribution in [3.05, 3.63) is 0 Å². The van der Waals surface area contributed by atoms with Crippen molar-refractivity contribution >= 4 is 6.03 Å². The Kier molecular flexibility index (Phi) is 6.47. The first-order valence-electron chi connectivity index (χ1n) is 4.24. The summed E-state index contributed by atoms with van der Waals surface area (Å²) in [5, 5.41) is 11.2. The maximum absolute atomic E-state index is 10.9. The Balaban J connectivity index is 3.14. The Morgan fingerprint density at radius 1 is 1.33 bits per heavy atom. The molecular formula is C8H18N2O2. The molecule has 0 heterocycles. The van der Waals surface area contributed by atoms with Gasteiger partial charge in [-0.05, 0) is 19.3 Å². The van der Waals surface area contributed by atoms with Crippen LogP contribution in [0.4, 0.5) is 4.79 Å². The van der Waals surface area contributed by atoms with E-state index in [0.29, 0.717) is 6.54 Å². The Labute approximate surface area is 73.6 Å². The molecule has 0 rings (SSSR count). The molecule has 4 nitrogen and oxygen atoms in total. The van der Waals surface area contributed by atoms with Gasteiger partial charge >= 0.3 is 6.03 Å². The number of carbonyl (C=O) groups is 1. The number of hydrogen-bond donors (Lipinski definition) is 2. The first-order chi connectivity index (χ1) is 5.68. The topological polar surface area (TPSA) is 52.6 Å². The van der Waals surface area contributed by atoms with Crippen LogP contribution in [0, 0.1) is 0 Å². The van der Waals surface area contributed by atoms with Gasteiger partial charge < -0.3 is 15.3 Å². The molecule has 12 heavy (non-hydrogen) atoms. The normalized spacial score (nSPS) is 9.58. The third-order valence-corrected chi connectivity index (χ3v) is 1.52. The van der Waals surface area contributed by atoms with Gasteiger partial charge in [0.1, 0.15) is 0 Å². The van der Waals surface area contributed by atoms with Gasteiger partial charge in [-0.3, -0.25) is 0 Å². The van der Waals surface area contributed by atoms with Crippen LogP contribution >= 0.6 is 0 Å². The van der Waals surface area contributed by atoms with Crippen molar-refractivity contribution in [3.8, 4) is 0 Å². The highest BCUT2D eigenvalue weighted by Crippen LogP contribution is 1.91. The van der Waals surface area contributed by atoms with Crippen LogP contribution in [0.1, 0.15) is 19.3 Å². The van der Waals surface area contributed by atoms with E-state index in [4.69, 9.17) is 5.11 Å². The number of unbranched alkanes of at least 4 members (excludes halogenated alkanes) is 2. The fraction of sp³-hybridized carbons (Fsp3) is 0.875. The molecule has 4 heteroatoms. The molecule has 2 N–H and O–H groups in total. The third-order valence-electron chi connectivity index (χ3n) is 1.52. The van der Waals surface area contributed by atoms with Crippen molar-refractivity contribution in [3.63, 3.8) is 0 Å². The largest absolute Gasteiger partial charge is 0.396 e. The van der Waals surface area contributed by atoms with E-state index in [1.165, 1.54) is 4.90 Å². The number of amides is 2. The highest BCUT2D eigenvalue weighted by molar-refractivity contribution is 5.73. The summed E-state index contributed by atoms with van der Waals surface area (Å²) in [6.45, 7) is 0.929. The number of carbonyl (C=O) groups excluding carboxylic acids is 1. The summed E-state index contributed by atoms with van der Waals surface area (Å²) >= 11 is 0. The minimum Gasteiger partial charge on any atom is -0.396 e. The lowest BCUT2D eigenvalue weighted by atomic mass is 10.2. The highest BCUT2D eigenvalue weighted by atomic mass is 16.2. The number of urea groups is 1. The summed E-state index contributed by atoms with van der Waals surface area (Å²) in [5.41, 5.74) is 0. The number of nitrogens with one attached hydrogen (secondary N) is 1. The second-order valence-electron chi connectivity index (χ2n) is 2.91. The average Bonchev–Trinajstić information content (AvgIpc) is 2.03. The van der Waals surface area contributed by atoms with Crippen molar-refractivity contribution in [2.45, 2.75) is 19.3 Å². The molecule has 0 unspecified atom stereocenters. The van der Waals surface area contributed by atoms with Gasteiger partial charge in [0.25, 0.3) is 0 Å². The minimum atomic E-state index is -0.0565. The molecule has 0 aliphatic carbocycles. The predicted octanol–water partition coefficient (Wildman–Crippen LogP) is 0.420. The molecule has 0 aliphatic heterocycles. The molecule has 0 bridgehead atoms. The van der Waals surface area contributed by atoms with Crippen molar-refractivity contribution in [2.75, 3.05) is 27.2 Å². The van der Waals surface area contributed by atoms with Gasteiger partial charge in [0.05, 0.1) is 0 Å². The van der Waals surface area contributed by atoms with Crippen LogP contribution in [0.3, 0.4) is 0 Å². The van der Waals surface area contributed by atoms with E-state index in [9.17, 15) is 4.79 Å². The SMILES string of the molecule is CN(C)C(=O)NCCCCCO. The standard InChI is InChI=1S/C8H18N2O2/c1-10(2)8(12)9-6-4-3-5-7-11/h11H,3-7H2,1-2H3,(H,9,12). The Morgan fingerprint density at radius 2 is 2.00 bits per heavy atom. The summed E-state index contributed by atoms with van der Waals surface area (Å²) in [6.07, 6.45) is 2.71. The Morgan fingerprint density at radius 3 is 2.50 bits per heavy atom. The molecule has 0 saturated heterocycles. The fourth-order valence-corrected chi connectivity index (χ4v) is 0.767. The predicted molar refractivity (Wildman–Crippen MR) is 48.0 cm³/mol. The van der Waals surface area contributed by atoms with E-state index >= 15 is 0 Å². The van der Waals surface area contributed by atoms with Crippen LogP contribution in [-0.2, 0) is 0 Å². The molecule has 0 aromatic heterocycles. The molecule has 0 saturated carbocycles. The summed E-state index contributed by atoms with van der Waals surface area (Å²) < 4.78 is 0. The van der Waals surface area contributed by atoms with Crippen LogP contribution in [0.25, 0.3) is 0 Å². The number of hydrogen-bond acceptors (Lipinski definition) is 2. The third kappa shape index (κ3) is 5.97. The van der Waals surface area contributed by atoms with Crippen LogP contribution < -0.4 is 5.32 Å². The van der Waals surface area contributed by atoms with Crippen LogP contribution in [-0.4, -0.2) is 43.3 Å². The quantitative estimate of drug-likeness (QED) is 0.593. The zero-order valence-electron chi connectivity index (χ0n) is 7.84. The lowest BCUT2D eigenvalue weighted by Crippen LogP contribution is -2.34. The Hall–Kier alpha value is -0.770. The molecule has 0 aliphatic rings. The van der Waals surface area contributed by atoms with Gasteiger partial charge in [-0.2, -0.15) is 0 Å². The number of nitrogens with zero attached hydrogens (tertiary/aromatic N) is 1. The van der Waals surface area contributed by atoms with Gasteiger partial charge in [-0.15, -0.1) is 0 Å². The van der Waals surface area contributed by atoms with Gasteiger partial charge in [0.15, 0.2) is 0 Å². The summed E-state index contributed by atoms with van der Waals surface area (Å²) in [6, 6.07) is -0.0565. The van der Waals surface area contributed by atoms with E-state index in [1.54, 1.807) is 14.1 Å². The van der Waals surface area contributed by atoms with Crippen LogP contribution in [0.2, 0.25) is 0 Å². The second-order valence-corrected chi connectivity index (χ2v) is 2.91. The molecular weight excluding hydrogens is 156 g/mol. The maximum Gasteiger partial charge on any atom is 0.316 e. The summed E-state index contributed by atoms with van der Waals surface area (Å²) in [4.78, 5) is 12.4. The van der Waals surface area contributed by atoms with E-state index in [0.717, 1.165) is 19.3 Å². The highest BCUT2D eigenvalue weighted by Gasteiger charge is 1.99. The molecule has 0 aromatic rings. The molecule has 0 fully saturated rings. The average molecular weight is 174 g/mol. The van der Waals surface area contributed by atoms with Crippen molar-refractivity contribution in [2.24, 2.45) is 0 Å². The second kappa shape index (κ2) is 6.91. The van der Waals surface area contributed by atoms with E-state index in [-0.39, 0.29) is 12.6 Å². The molecule has 2 amide bonds. The zero-order chi connectivity index (χ0) is 9.40. The van der Waals surface area contributed by atoms with Gasteiger partial charge in [-0.1, -0.05) is 0 Å². The number of aliphatic hydroxyl groups is 1. The van der Waals surface area contributed by atoms with E-state index in [1.807, 2.05) is 0 Å². The number of aliphatic hydroxyl groups excluding tert-OH is 1. The molecule has 0 atom stereocenters. The molecule has 72 valence electrons. The number of rotatable bonds is 5. The molecule has 0 spiro atoms. The zero-order valence-corrected chi connectivity index (χ0v) is 7.84. The Bertz CT molecular complexity index is 126. The molecule has 0 aromatic carbocycles. The van der Waals surface area contributed by atoms with Gasteiger partial charge in [-0.25, -0.2) is 4.79 Å². The van der Waals surface area contributed by atoms with E-state index in [2.05, 4.69) is 5.32 Å². The molecule has 0 radical (unpaired) electrons. The van der Waals surface area contributed by atoms with Crippen molar-refractivity contribution in [1.82, 2.24) is 10.2 Å². The fourth-order valence-electron chi connectivity index (χ4n) is 0.767. The first kappa shape index (κ1) is 11.2. The minimum absolute atomic E-state index is 0.0565. The van der Waals surface area contributed by atoms with Crippen molar-refractivity contribution in [1.29, 1.82) is 0 Å². The van der Waals surface area contributed by atoms with Crippen molar-refractivity contribution < 1.29 is 9.90 Å². The smallest absolute Gasteiger partial charge is 0.316 e. The summed E-state index contributed by atoms with van der Waals surface area (Å²) in [7, 11) is 3.42. The van der Waals surface area contributed by atoms with Gasteiger partial charge in [0, 0.05) is 27.2 Å². The lowest BCUT2D eigenvalue weighted by Gasteiger charge is -2.11. The van der Waals surface area contributed by atoms with E-state index < -0.39 is 0 Å². The lowest BCUT2D eigenvalue weighted by molar-refractivity contribution is 0.217. The monoisotopic (exact) mass is 174 g/mol. The summed E-state index contributed by atoms with van der Waals surface area (Å²) in [5.74, 6) is 0.